The largest absolute Gasteiger partial charge is 0.197 e. The monoisotopic (exact) mass is 198 g/mol. The van der Waals surface area contributed by atoms with Crippen LogP contribution in [0.5, 0.6) is 0 Å². The quantitative estimate of drug-likeness (QED) is 0.493. The molecule has 0 atom stereocenters. The van der Waals surface area contributed by atoms with Crippen molar-refractivity contribution in [1.82, 2.24) is 0 Å². The van der Waals surface area contributed by atoms with Crippen molar-refractivity contribution in [1.29, 1.82) is 0 Å². The fraction of sp³-hybridized carbons (Fsp3) is 0. The fourth-order valence-corrected chi connectivity index (χ4v) is 0. The first-order valence-corrected chi connectivity index (χ1v) is 0.500. The van der Waals surface area contributed by atoms with E-state index in [2.05, 4.69) is 12.5 Å². The van der Waals surface area contributed by atoms with Crippen LogP contribution in [0.2, 0.25) is 0 Å². The summed E-state index contributed by atoms with van der Waals surface area (Å²) in [6.45, 7) is 0. The molecule has 0 fully saturated rings. The van der Waals surface area contributed by atoms with Crippen LogP contribution in [0.4, 0.5) is 0 Å². The van der Waals surface area contributed by atoms with Crippen molar-refractivity contribution in [3.8, 4) is 0 Å². The van der Waals surface area contributed by atoms with Gasteiger partial charge >= 0.3 is 0 Å². The van der Waals surface area contributed by atoms with Crippen LogP contribution in [0, 0.1) is 0 Å². The zero-order valence-electron chi connectivity index (χ0n) is 1.63. The van der Waals surface area contributed by atoms with E-state index in [1.807, 2.05) is 0 Å². The molecule has 1 nitrogen and oxygen atoms in total. The first-order valence-electron chi connectivity index (χ1n) is 0.167. The molecule has 0 aromatic heterocycles. The molecule has 0 aliphatic rings. The summed E-state index contributed by atoms with van der Waals surface area (Å²) in [6, 6.07) is 0. The van der Waals surface area contributed by atoms with Crippen LogP contribution in [0.3, 0.4) is 0 Å². The van der Waals surface area contributed by atoms with E-state index in [1.54, 1.807) is 0 Å². The van der Waals surface area contributed by atoms with Crippen LogP contribution in [-0.4, -0.2) is 4.21 Å². The van der Waals surface area contributed by atoms with Gasteiger partial charge in [0.25, 0.3) is 0 Å². The number of hydrogen-bond acceptors (Lipinski definition) is 2. The molecule has 0 saturated heterocycles. The van der Waals surface area contributed by atoms with E-state index in [0.29, 0.717) is 0 Å². The summed E-state index contributed by atoms with van der Waals surface area (Å²) in [5.74, 6) is 0. The third-order valence-corrected chi connectivity index (χ3v) is 0. The smallest absolute Gasteiger partial charge is 0.197 e. The van der Waals surface area contributed by atoms with Gasteiger partial charge in [-0.1, -0.05) is 0 Å². The topological polar surface area (TPSA) is 17.1 Å². The van der Waals surface area contributed by atoms with Crippen molar-refractivity contribution in [2.45, 2.75) is 0 Å². The van der Waals surface area contributed by atoms with Gasteiger partial charge in [-0.15, -0.1) is 0 Å². The summed E-state index contributed by atoms with van der Waals surface area (Å²) in [4.78, 5) is 0. The van der Waals surface area contributed by atoms with E-state index in [1.165, 1.54) is 0 Å². The summed E-state index contributed by atoms with van der Waals surface area (Å²) >= 11 is 2.83. The summed E-state index contributed by atoms with van der Waals surface area (Å²) < 4.78 is 7.83. The summed E-state index contributed by atoms with van der Waals surface area (Å²) in [6.07, 6.45) is 0. The van der Waals surface area contributed by atoms with E-state index < -0.39 is 0 Å². The second-order valence-electron chi connectivity index (χ2n) is 0. The molecular formula is CrMoOS. The maximum Gasteiger partial charge on any atom is 0.197 e. The summed E-state index contributed by atoms with van der Waals surface area (Å²) in [5, 5.41) is 0. The fourth-order valence-electron chi connectivity index (χ4n) is 0. The Balaban J connectivity index is -0.00000000500. The molecule has 4 heteroatoms. The average Bonchev–Trinajstić information content (AvgIpc) is 1.00. The predicted octanol–water partition coefficient (Wildman–Crippen LogP) is -0.341. The Morgan fingerprint density at radius 3 is 1.25 bits per heavy atom. The van der Waals surface area contributed by atoms with Crippen molar-refractivity contribution in [2.24, 2.45) is 0 Å². The maximum absolute atomic E-state index is 7.83. The van der Waals surface area contributed by atoms with Crippen molar-refractivity contribution < 1.29 is 42.6 Å². The minimum absolute atomic E-state index is 0. The molecule has 0 aliphatic heterocycles. The minimum atomic E-state index is 0. The molecular weight excluding hydrogens is 196 g/mol. The third-order valence-electron chi connectivity index (χ3n) is 0. The molecule has 0 amide bonds. The third kappa shape index (κ3) is 10.6. The van der Waals surface area contributed by atoms with E-state index in [-0.39, 0.29) is 38.4 Å². The zero-order chi connectivity index (χ0) is 2.00. The van der Waals surface area contributed by atoms with Gasteiger partial charge in [0.15, 0.2) is 12.5 Å². The van der Waals surface area contributed by atoms with Gasteiger partial charge in [0, 0.05) is 38.4 Å². The van der Waals surface area contributed by atoms with Crippen LogP contribution in [0.15, 0.2) is 0 Å². The average molecular weight is 196 g/mol. The van der Waals surface area contributed by atoms with Crippen molar-refractivity contribution in [3.63, 3.8) is 0 Å². The number of hydrogen-bond donors (Lipinski definition) is 0. The molecule has 0 saturated carbocycles. The molecule has 0 heterocycles. The van der Waals surface area contributed by atoms with E-state index in [4.69, 9.17) is 4.21 Å². The second-order valence-corrected chi connectivity index (χ2v) is 0. The molecule has 0 aromatic rings. The Morgan fingerprint density at radius 1 is 1.25 bits per heavy atom. The van der Waals surface area contributed by atoms with Crippen LogP contribution >= 0.6 is 0 Å². The van der Waals surface area contributed by atoms with E-state index >= 15 is 0 Å². The van der Waals surface area contributed by atoms with E-state index in [9.17, 15) is 0 Å². The Kier molecular flexibility index (Phi) is 136. The standard InChI is InChI=1S/Cr.Mo.OS/c;;1-2. The Hall–Kier alpha value is 1.24. The first kappa shape index (κ1) is 18.8. The second kappa shape index (κ2) is 28.9. The summed E-state index contributed by atoms with van der Waals surface area (Å²) in [5.41, 5.74) is 0. The van der Waals surface area contributed by atoms with Gasteiger partial charge in [-0.2, -0.15) is 4.21 Å². The van der Waals surface area contributed by atoms with E-state index in [0.717, 1.165) is 0 Å². The minimum Gasteiger partial charge on any atom is -0.197 e. The summed E-state index contributed by atoms with van der Waals surface area (Å²) in [7, 11) is 0. The van der Waals surface area contributed by atoms with Crippen molar-refractivity contribution >= 4 is 12.5 Å². The molecule has 0 spiro atoms. The van der Waals surface area contributed by atoms with Crippen LogP contribution < -0.4 is 0 Å². The maximum atomic E-state index is 7.83. The molecule has 4 heavy (non-hydrogen) atoms. The van der Waals surface area contributed by atoms with Crippen LogP contribution in [-0.2, 0) is 51.0 Å². The SMILES string of the molecule is O=S.[Cr].[Mo]. The molecule has 0 unspecified atom stereocenters. The van der Waals surface area contributed by atoms with Gasteiger partial charge < -0.3 is 0 Å². The van der Waals surface area contributed by atoms with Crippen molar-refractivity contribution in [2.75, 3.05) is 0 Å². The van der Waals surface area contributed by atoms with Crippen LogP contribution in [0.1, 0.15) is 0 Å². The van der Waals surface area contributed by atoms with Gasteiger partial charge in [-0.25, -0.2) is 0 Å². The van der Waals surface area contributed by atoms with Gasteiger partial charge in [-0.05, 0) is 0 Å². The molecule has 0 aromatic carbocycles. The molecule has 0 rings (SSSR count). The molecule has 0 aliphatic carbocycles. The van der Waals surface area contributed by atoms with Crippen molar-refractivity contribution in [3.05, 3.63) is 0 Å². The zero-order valence-corrected chi connectivity index (χ0v) is 5.73. The van der Waals surface area contributed by atoms with Gasteiger partial charge in [0.2, 0.25) is 0 Å². The predicted molar refractivity (Wildman–Crippen MR) is 8.14 cm³/mol. The first-order chi connectivity index (χ1) is 1.00. The molecule has 0 bridgehead atoms. The van der Waals surface area contributed by atoms with Gasteiger partial charge in [0.1, 0.15) is 0 Å². The Morgan fingerprint density at radius 2 is 1.25 bits per heavy atom. The van der Waals surface area contributed by atoms with Gasteiger partial charge in [0.05, 0.1) is 0 Å². The molecule has 0 N–H and O–H groups in total. The van der Waals surface area contributed by atoms with Crippen LogP contribution in [0.25, 0.3) is 0 Å². The molecule has 24 valence electrons. The van der Waals surface area contributed by atoms with Gasteiger partial charge in [-0.3, -0.25) is 0 Å². The molecule has 0 radical (unpaired) electrons. The normalized spacial score (nSPS) is 1.00. The number of rotatable bonds is 0. The Bertz CT molecular complexity index is 8.00. The Labute approximate surface area is 55.1 Å².